The van der Waals surface area contributed by atoms with E-state index in [1.165, 1.54) is 6.07 Å². The van der Waals surface area contributed by atoms with Crippen LogP contribution in [0.4, 0.5) is 13.2 Å². The maximum atomic E-state index is 13.0. The molecule has 1 heterocycles. The van der Waals surface area contributed by atoms with Crippen LogP contribution >= 0.6 is 11.6 Å². The number of aromatic nitrogens is 2. The van der Waals surface area contributed by atoms with Gasteiger partial charge in [-0.05, 0) is 12.1 Å². The lowest BCUT2D eigenvalue weighted by Gasteiger charge is -2.15. The highest BCUT2D eigenvalue weighted by Gasteiger charge is 2.35. The lowest BCUT2D eigenvalue weighted by molar-refractivity contribution is -0.137. The molecule has 108 valence electrons. The average Bonchev–Trinajstić information content (AvgIpc) is 2.38. The highest BCUT2D eigenvalue weighted by atomic mass is 35.5. The van der Waals surface area contributed by atoms with Crippen LogP contribution in [-0.4, -0.2) is 9.55 Å². The number of nitrogens with one attached hydrogen (secondary N) is 1. The molecule has 0 aliphatic carbocycles. The van der Waals surface area contributed by atoms with Crippen LogP contribution in [0, 0.1) is 11.3 Å². The number of benzene rings is 1. The normalized spacial score (nSPS) is 11.2. The number of alkyl halides is 3. The highest BCUT2D eigenvalue weighted by Crippen LogP contribution is 2.36. The Labute approximate surface area is 119 Å². The van der Waals surface area contributed by atoms with E-state index < -0.39 is 34.2 Å². The molecule has 0 fully saturated rings. The van der Waals surface area contributed by atoms with Crippen molar-refractivity contribution in [3.63, 3.8) is 0 Å². The molecule has 0 spiro atoms. The first-order valence-electron chi connectivity index (χ1n) is 5.38. The van der Waals surface area contributed by atoms with Crippen LogP contribution in [0.3, 0.4) is 0 Å². The lowest BCUT2D eigenvalue weighted by Crippen LogP contribution is -2.31. The van der Waals surface area contributed by atoms with Gasteiger partial charge in [-0.25, -0.2) is 4.79 Å². The zero-order valence-electron chi connectivity index (χ0n) is 10.0. The van der Waals surface area contributed by atoms with Gasteiger partial charge in [-0.2, -0.15) is 18.4 Å². The van der Waals surface area contributed by atoms with Crippen molar-refractivity contribution < 1.29 is 13.2 Å². The van der Waals surface area contributed by atoms with Gasteiger partial charge in [-0.3, -0.25) is 14.3 Å². The van der Waals surface area contributed by atoms with Gasteiger partial charge < -0.3 is 0 Å². The molecule has 0 aliphatic rings. The zero-order chi connectivity index (χ0) is 15.8. The van der Waals surface area contributed by atoms with Crippen molar-refractivity contribution in [2.45, 2.75) is 6.18 Å². The van der Waals surface area contributed by atoms with Gasteiger partial charge in [0, 0.05) is 6.20 Å². The Morgan fingerprint density at radius 1 is 1.29 bits per heavy atom. The molecule has 21 heavy (non-hydrogen) atoms. The Hall–Kier alpha value is -2.53. The number of hydrogen-bond donors (Lipinski definition) is 1. The van der Waals surface area contributed by atoms with E-state index in [9.17, 15) is 22.8 Å². The molecule has 0 aliphatic heterocycles. The third kappa shape index (κ3) is 2.68. The highest BCUT2D eigenvalue weighted by molar-refractivity contribution is 6.32. The molecule has 0 radical (unpaired) electrons. The van der Waals surface area contributed by atoms with Crippen molar-refractivity contribution in [3.05, 3.63) is 61.4 Å². The first-order valence-corrected chi connectivity index (χ1v) is 5.75. The number of H-pyrrole nitrogens is 1. The molecule has 0 amide bonds. The molecule has 1 N–H and O–H groups in total. The fourth-order valence-corrected chi connectivity index (χ4v) is 1.97. The van der Waals surface area contributed by atoms with Gasteiger partial charge in [0.2, 0.25) is 0 Å². The van der Waals surface area contributed by atoms with Crippen LogP contribution in [-0.2, 0) is 6.18 Å². The Morgan fingerprint density at radius 2 is 1.95 bits per heavy atom. The number of aromatic amines is 1. The van der Waals surface area contributed by atoms with Gasteiger partial charge in [0.05, 0.1) is 16.3 Å². The Balaban J connectivity index is 2.90. The molecule has 0 saturated carbocycles. The van der Waals surface area contributed by atoms with E-state index in [4.69, 9.17) is 16.9 Å². The van der Waals surface area contributed by atoms with Crippen molar-refractivity contribution in [2.75, 3.05) is 0 Å². The Bertz CT molecular complexity index is 862. The van der Waals surface area contributed by atoms with Crippen molar-refractivity contribution >= 4 is 11.6 Å². The number of halogens is 4. The minimum absolute atomic E-state index is 0.345. The monoisotopic (exact) mass is 315 g/mol. The maximum absolute atomic E-state index is 13.0. The summed E-state index contributed by atoms with van der Waals surface area (Å²) in [4.78, 5) is 24.8. The van der Waals surface area contributed by atoms with Crippen LogP contribution in [0.1, 0.15) is 11.1 Å². The van der Waals surface area contributed by atoms with Gasteiger partial charge in [-0.1, -0.05) is 17.7 Å². The van der Waals surface area contributed by atoms with Gasteiger partial charge in [0.1, 0.15) is 11.6 Å². The Kier molecular flexibility index (Phi) is 3.61. The third-order valence-corrected chi connectivity index (χ3v) is 2.90. The lowest BCUT2D eigenvalue weighted by atomic mass is 10.1. The summed E-state index contributed by atoms with van der Waals surface area (Å²) >= 11 is 5.74. The summed E-state index contributed by atoms with van der Waals surface area (Å²) in [5, 5.41) is 8.39. The molecule has 1 aromatic carbocycles. The average molecular weight is 316 g/mol. The minimum Gasteiger partial charge on any atom is -0.273 e. The van der Waals surface area contributed by atoms with Crippen LogP contribution in [0.2, 0.25) is 5.02 Å². The molecule has 2 aromatic rings. The summed E-state index contributed by atoms with van der Waals surface area (Å²) < 4.78 is 39.5. The van der Waals surface area contributed by atoms with Crippen LogP contribution in [0.5, 0.6) is 0 Å². The van der Waals surface area contributed by atoms with Crippen molar-refractivity contribution in [2.24, 2.45) is 0 Å². The molecule has 5 nitrogen and oxygen atoms in total. The number of nitrogens with zero attached hydrogens (tertiary/aromatic N) is 2. The summed E-state index contributed by atoms with van der Waals surface area (Å²) in [6.45, 7) is 0. The fraction of sp³-hybridized carbons (Fsp3) is 0.0833. The van der Waals surface area contributed by atoms with E-state index in [0.29, 0.717) is 4.57 Å². The fourth-order valence-electron chi connectivity index (χ4n) is 1.71. The molecule has 0 atom stereocenters. The van der Waals surface area contributed by atoms with Crippen LogP contribution in [0.15, 0.2) is 34.0 Å². The van der Waals surface area contributed by atoms with E-state index in [1.807, 2.05) is 0 Å². The largest absolute Gasteiger partial charge is 0.418 e. The molecular formula is C12H5ClF3N3O2. The van der Waals surface area contributed by atoms with Crippen molar-refractivity contribution in [1.82, 2.24) is 9.55 Å². The second kappa shape index (κ2) is 5.10. The van der Waals surface area contributed by atoms with Crippen LogP contribution in [0.25, 0.3) is 5.69 Å². The number of nitriles is 1. The second-order valence-corrected chi connectivity index (χ2v) is 4.32. The predicted molar refractivity (Wildman–Crippen MR) is 67.4 cm³/mol. The molecule has 1 aromatic heterocycles. The van der Waals surface area contributed by atoms with Gasteiger partial charge in [-0.15, -0.1) is 0 Å². The standard InChI is InChI=1S/C12H5ClF3N3O2/c13-8-3-1-2-7(12(14,15)16)9(8)19-5-6(4-17)10(20)18-11(19)21/h1-3,5H,(H,18,20,21). The summed E-state index contributed by atoms with van der Waals surface area (Å²) in [6.07, 6.45) is -4.04. The first-order chi connectivity index (χ1) is 9.75. The minimum atomic E-state index is -4.76. The quantitative estimate of drug-likeness (QED) is 0.875. The zero-order valence-corrected chi connectivity index (χ0v) is 10.8. The predicted octanol–water partition coefficient (Wildman–Crippen LogP) is 2.07. The van der Waals surface area contributed by atoms with Gasteiger partial charge in [0.15, 0.2) is 0 Å². The molecule has 9 heteroatoms. The van der Waals surface area contributed by atoms with Gasteiger partial charge in [0.25, 0.3) is 5.56 Å². The first kappa shape index (κ1) is 14.9. The second-order valence-electron chi connectivity index (χ2n) is 3.92. The van der Waals surface area contributed by atoms with E-state index in [1.54, 1.807) is 4.98 Å². The summed E-state index contributed by atoms with van der Waals surface area (Å²) in [5.41, 5.74) is -4.43. The molecule has 0 unspecified atom stereocenters. The van der Waals surface area contributed by atoms with Crippen molar-refractivity contribution in [1.29, 1.82) is 5.26 Å². The topological polar surface area (TPSA) is 78.7 Å². The molecule has 0 bridgehead atoms. The Morgan fingerprint density at radius 3 is 2.52 bits per heavy atom. The summed E-state index contributed by atoms with van der Waals surface area (Å²) in [7, 11) is 0. The van der Waals surface area contributed by atoms with E-state index in [-0.39, 0.29) is 5.02 Å². The number of hydrogen-bond acceptors (Lipinski definition) is 3. The smallest absolute Gasteiger partial charge is 0.273 e. The molecule has 0 saturated heterocycles. The van der Waals surface area contributed by atoms with Crippen LogP contribution < -0.4 is 11.2 Å². The van der Waals surface area contributed by atoms with E-state index in [0.717, 1.165) is 24.4 Å². The maximum Gasteiger partial charge on any atom is 0.418 e. The number of rotatable bonds is 1. The van der Waals surface area contributed by atoms with Gasteiger partial charge >= 0.3 is 11.9 Å². The third-order valence-electron chi connectivity index (χ3n) is 2.60. The van der Waals surface area contributed by atoms with E-state index in [2.05, 4.69) is 0 Å². The van der Waals surface area contributed by atoms with E-state index >= 15 is 0 Å². The number of para-hydroxylation sites is 1. The summed E-state index contributed by atoms with van der Waals surface area (Å²) in [6, 6.07) is 4.47. The SMILES string of the molecule is N#Cc1cn(-c2c(Cl)cccc2C(F)(F)F)c(=O)[nH]c1=O. The molecular weight excluding hydrogens is 311 g/mol. The molecule has 2 rings (SSSR count). The van der Waals surface area contributed by atoms with Crippen molar-refractivity contribution in [3.8, 4) is 11.8 Å². The summed E-state index contributed by atoms with van der Waals surface area (Å²) in [5.74, 6) is 0.